The Balaban J connectivity index is 1.92. The number of benzene rings is 1. The molecule has 0 saturated carbocycles. The molecule has 1 aliphatic rings. The van der Waals surface area contributed by atoms with E-state index in [9.17, 15) is 9.59 Å². The van der Waals surface area contributed by atoms with Gasteiger partial charge in [-0.3, -0.25) is 9.59 Å². The maximum Gasteiger partial charge on any atom is 0.303 e. The first-order valence-corrected chi connectivity index (χ1v) is 10.6. The lowest BCUT2D eigenvalue weighted by molar-refractivity contribution is -0.290. The number of ether oxygens (including phenoxy) is 5. The van der Waals surface area contributed by atoms with Crippen LogP contribution in [0.5, 0.6) is 5.75 Å². The zero-order valence-electron chi connectivity index (χ0n) is 18.6. The van der Waals surface area contributed by atoms with Crippen molar-refractivity contribution in [3.8, 4) is 5.75 Å². The molecule has 0 N–H and O–H groups in total. The molecule has 0 radical (unpaired) electrons. The van der Waals surface area contributed by atoms with Crippen molar-refractivity contribution in [2.75, 3.05) is 13.7 Å². The van der Waals surface area contributed by atoms with Gasteiger partial charge in [-0.1, -0.05) is 26.0 Å². The van der Waals surface area contributed by atoms with E-state index in [-0.39, 0.29) is 12.0 Å². The van der Waals surface area contributed by atoms with Crippen LogP contribution in [0.25, 0.3) is 0 Å². The lowest BCUT2D eigenvalue weighted by atomic mass is 9.89. The maximum atomic E-state index is 11.6. The summed E-state index contributed by atoms with van der Waals surface area (Å²) in [5.41, 5.74) is 1.23. The van der Waals surface area contributed by atoms with Crippen LogP contribution in [0.3, 0.4) is 0 Å². The van der Waals surface area contributed by atoms with E-state index in [1.807, 2.05) is 26.0 Å². The van der Waals surface area contributed by atoms with Gasteiger partial charge in [0.2, 0.25) is 0 Å². The van der Waals surface area contributed by atoms with E-state index < -0.39 is 30.4 Å². The molecule has 0 aromatic heterocycles. The fourth-order valence-corrected chi connectivity index (χ4v) is 3.74. The molecule has 7 nitrogen and oxygen atoms in total. The summed E-state index contributed by atoms with van der Waals surface area (Å²) in [7, 11) is 1.65. The van der Waals surface area contributed by atoms with Crippen LogP contribution in [-0.4, -0.2) is 50.3 Å². The van der Waals surface area contributed by atoms with Gasteiger partial charge in [0, 0.05) is 26.4 Å². The van der Waals surface area contributed by atoms with E-state index in [0.717, 1.165) is 31.4 Å². The van der Waals surface area contributed by atoms with Crippen molar-refractivity contribution in [2.45, 2.75) is 78.0 Å². The number of esters is 2. The lowest BCUT2D eigenvalue weighted by Gasteiger charge is -2.43. The third-order valence-electron chi connectivity index (χ3n) is 5.31. The van der Waals surface area contributed by atoms with Crippen molar-refractivity contribution in [3.63, 3.8) is 0 Å². The van der Waals surface area contributed by atoms with E-state index >= 15 is 0 Å². The zero-order chi connectivity index (χ0) is 22.1. The van der Waals surface area contributed by atoms with Gasteiger partial charge in [0.1, 0.15) is 11.9 Å². The number of carbonyl (C=O) groups excluding carboxylic acids is 2. The van der Waals surface area contributed by atoms with Gasteiger partial charge < -0.3 is 23.7 Å². The highest BCUT2D eigenvalue weighted by Gasteiger charge is 2.47. The van der Waals surface area contributed by atoms with Gasteiger partial charge in [0.25, 0.3) is 0 Å². The van der Waals surface area contributed by atoms with Crippen molar-refractivity contribution in [1.29, 1.82) is 0 Å². The van der Waals surface area contributed by atoms with Crippen LogP contribution in [0.4, 0.5) is 0 Å². The SMILES string of the molecule is CC[C@H]1O[C@@H](OCCCCc2ccc(OC)cc2)[C@H](OC(C)=O)[C@@H](OC(C)=O)[C@@H]1C. The largest absolute Gasteiger partial charge is 0.497 e. The van der Waals surface area contributed by atoms with Gasteiger partial charge in [-0.2, -0.15) is 0 Å². The molecule has 0 amide bonds. The second kappa shape index (κ2) is 11.9. The lowest BCUT2D eigenvalue weighted by Crippen LogP contribution is -2.57. The molecule has 0 spiro atoms. The van der Waals surface area contributed by atoms with Crippen molar-refractivity contribution in [3.05, 3.63) is 29.8 Å². The predicted octanol–water partition coefficient (Wildman–Crippen LogP) is 3.67. The maximum absolute atomic E-state index is 11.6. The molecule has 5 atom stereocenters. The molecule has 7 heteroatoms. The molecule has 0 aliphatic carbocycles. The minimum atomic E-state index is -0.786. The highest BCUT2D eigenvalue weighted by Crippen LogP contribution is 2.32. The standard InChI is InChI=1S/C23H34O7/c1-6-20-15(2)21(28-16(3)24)22(29-17(4)25)23(30-20)27-14-8-7-9-18-10-12-19(26-5)13-11-18/h10-13,15,20-23H,6-9,14H2,1-5H3/t15-,20-,21+,22-,23-/m1/s1. The highest BCUT2D eigenvalue weighted by atomic mass is 16.7. The van der Waals surface area contributed by atoms with Crippen LogP contribution >= 0.6 is 0 Å². The van der Waals surface area contributed by atoms with Crippen LogP contribution < -0.4 is 4.74 Å². The normalized spacial score (nSPS) is 26.1. The summed E-state index contributed by atoms with van der Waals surface area (Å²) in [4.78, 5) is 23.3. The molecule has 168 valence electrons. The van der Waals surface area contributed by atoms with Crippen molar-refractivity contribution < 1.29 is 33.3 Å². The third-order valence-corrected chi connectivity index (χ3v) is 5.31. The van der Waals surface area contributed by atoms with Gasteiger partial charge in [-0.15, -0.1) is 0 Å². The van der Waals surface area contributed by atoms with Crippen LogP contribution in [0.2, 0.25) is 0 Å². The molecule has 1 aromatic carbocycles. The Kier molecular flexibility index (Phi) is 9.59. The zero-order valence-corrected chi connectivity index (χ0v) is 18.6. The molecule has 1 saturated heterocycles. The molecule has 0 unspecified atom stereocenters. The Morgan fingerprint density at radius 1 is 1.00 bits per heavy atom. The van der Waals surface area contributed by atoms with Crippen molar-refractivity contribution in [1.82, 2.24) is 0 Å². The van der Waals surface area contributed by atoms with Gasteiger partial charge in [-0.25, -0.2) is 0 Å². The third kappa shape index (κ3) is 6.99. The molecule has 1 fully saturated rings. The summed E-state index contributed by atoms with van der Waals surface area (Å²) >= 11 is 0. The number of hydrogen-bond donors (Lipinski definition) is 0. The molecular weight excluding hydrogens is 388 g/mol. The molecule has 2 rings (SSSR count). The summed E-state index contributed by atoms with van der Waals surface area (Å²) in [6.45, 7) is 7.07. The van der Waals surface area contributed by atoms with Crippen LogP contribution in [0.1, 0.15) is 52.5 Å². The summed E-state index contributed by atoms with van der Waals surface area (Å²) < 4.78 is 28.1. The Labute approximate surface area is 179 Å². The topological polar surface area (TPSA) is 80.3 Å². The van der Waals surface area contributed by atoms with Crippen LogP contribution in [0.15, 0.2) is 24.3 Å². The van der Waals surface area contributed by atoms with Crippen LogP contribution in [0, 0.1) is 5.92 Å². The van der Waals surface area contributed by atoms with Crippen molar-refractivity contribution in [2.24, 2.45) is 5.92 Å². The van der Waals surface area contributed by atoms with E-state index in [2.05, 4.69) is 12.1 Å². The minimum absolute atomic E-state index is 0.113. The Morgan fingerprint density at radius 3 is 2.20 bits per heavy atom. The first kappa shape index (κ1) is 24.2. The van der Waals surface area contributed by atoms with Gasteiger partial charge in [-0.05, 0) is 43.4 Å². The summed E-state index contributed by atoms with van der Waals surface area (Å²) in [5.74, 6) is -0.150. The first-order chi connectivity index (χ1) is 14.3. The molecule has 1 aromatic rings. The number of carbonyl (C=O) groups is 2. The Hall–Kier alpha value is -2.12. The van der Waals surface area contributed by atoms with Gasteiger partial charge in [0.05, 0.1) is 13.2 Å². The molecule has 1 heterocycles. The van der Waals surface area contributed by atoms with Crippen molar-refractivity contribution >= 4 is 11.9 Å². The summed E-state index contributed by atoms with van der Waals surface area (Å²) in [6, 6.07) is 8.01. The van der Waals surface area contributed by atoms with Gasteiger partial charge in [0.15, 0.2) is 12.4 Å². The highest BCUT2D eigenvalue weighted by molar-refractivity contribution is 5.67. The molecule has 30 heavy (non-hydrogen) atoms. The Bertz CT molecular complexity index is 673. The average molecular weight is 423 g/mol. The fraction of sp³-hybridized carbons (Fsp3) is 0.652. The summed E-state index contributed by atoms with van der Waals surface area (Å²) in [6.07, 6.45) is 1.13. The molecule has 0 bridgehead atoms. The number of methoxy groups -OCH3 is 1. The average Bonchev–Trinajstić information content (AvgIpc) is 2.71. The number of aryl methyl sites for hydroxylation is 1. The first-order valence-electron chi connectivity index (χ1n) is 10.6. The monoisotopic (exact) mass is 422 g/mol. The van der Waals surface area contributed by atoms with E-state index in [4.69, 9.17) is 23.7 Å². The van der Waals surface area contributed by atoms with E-state index in [1.54, 1.807) is 7.11 Å². The number of hydrogen-bond acceptors (Lipinski definition) is 7. The predicted molar refractivity (Wildman–Crippen MR) is 111 cm³/mol. The minimum Gasteiger partial charge on any atom is -0.497 e. The number of rotatable bonds is 10. The second-order valence-electron chi connectivity index (χ2n) is 7.63. The van der Waals surface area contributed by atoms with E-state index in [0.29, 0.717) is 6.61 Å². The molecule has 1 aliphatic heterocycles. The fourth-order valence-electron chi connectivity index (χ4n) is 3.74. The molecular formula is C23H34O7. The second-order valence-corrected chi connectivity index (χ2v) is 7.63. The quantitative estimate of drug-likeness (QED) is 0.420. The van der Waals surface area contributed by atoms with Crippen LogP contribution in [-0.2, 0) is 35.0 Å². The summed E-state index contributed by atoms with van der Waals surface area (Å²) in [5, 5.41) is 0. The van der Waals surface area contributed by atoms with Gasteiger partial charge >= 0.3 is 11.9 Å². The number of unbranched alkanes of at least 4 members (excludes halogenated alkanes) is 1. The van der Waals surface area contributed by atoms with E-state index in [1.165, 1.54) is 19.4 Å². The smallest absolute Gasteiger partial charge is 0.303 e. The Morgan fingerprint density at radius 2 is 1.63 bits per heavy atom.